The van der Waals surface area contributed by atoms with Crippen molar-refractivity contribution in [1.82, 2.24) is 15.6 Å². The summed E-state index contributed by atoms with van der Waals surface area (Å²) in [5.41, 5.74) is 2.06. The van der Waals surface area contributed by atoms with Crippen molar-refractivity contribution in [2.45, 2.75) is 19.9 Å². The number of aromatic nitrogens is 1. The molecule has 1 aromatic heterocycles. The zero-order chi connectivity index (χ0) is 20.4. The van der Waals surface area contributed by atoms with Crippen molar-refractivity contribution in [3.05, 3.63) is 46.7 Å². The van der Waals surface area contributed by atoms with E-state index >= 15 is 0 Å². The minimum Gasteiger partial charge on any atom is -0.493 e. The van der Waals surface area contributed by atoms with Crippen molar-refractivity contribution in [3.63, 3.8) is 0 Å². The van der Waals surface area contributed by atoms with Crippen LogP contribution in [-0.2, 0) is 13.0 Å². The second kappa shape index (κ2) is 11.2. The second-order valence-electron chi connectivity index (χ2n) is 5.89. The predicted octanol–water partition coefficient (Wildman–Crippen LogP) is 3.06. The number of aliphatic imine (C=N–C) groups is 1. The van der Waals surface area contributed by atoms with Gasteiger partial charge in [-0.1, -0.05) is 17.7 Å². The molecular formula is C20H27ClN4O3. The van der Waals surface area contributed by atoms with Gasteiger partial charge in [0, 0.05) is 19.3 Å². The molecule has 0 amide bonds. The van der Waals surface area contributed by atoms with Crippen LogP contribution in [0.25, 0.3) is 0 Å². The van der Waals surface area contributed by atoms with E-state index in [0.717, 1.165) is 36.6 Å². The van der Waals surface area contributed by atoms with Gasteiger partial charge in [0.05, 0.1) is 27.9 Å². The molecule has 7 nitrogen and oxygen atoms in total. The molecular weight excluding hydrogens is 380 g/mol. The number of halogens is 1. The SMILES string of the molecule is CCNC(=NCc1cc(OC)c(OC)c(OC)c1)NCCc1ccc(Cl)nc1. The van der Waals surface area contributed by atoms with Crippen LogP contribution in [0.2, 0.25) is 5.15 Å². The molecule has 1 aromatic carbocycles. The van der Waals surface area contributed by atoms with Gasteiger partial charge in [-0.15, -0.1) is 0 Å². The van der Waals surface area contributed by atoms with Crippen molar-refractivity contribution in [3.8, 4) is 17.2 Å². The Morgan fingerprint density at radius 1 is 1.04 bits per heavy atom. The van der Waals surface area contributed by atoms with Crippen LogP contribution < -0.4 is 24.8 Å². The summed E-state index contributed by atoms with van der Waals surface area (Å²) < 4.78 is 16.1. The molecule has 0 unspecified atom stereocenters. The van der Waals surface area contributed by atoms with Gasteiger partial charge >= 0.3 is 0 Å². The average molecular weight is 407 g/mol. The summed E-state index contributed by atoms with van der Waals surface area (Å²) in [5.74, 6) is 2.53. The Morgan fingerprint density at radius 2 is 1.75 bits per heavy atom. The Balaban J connectivity index is 2.04. The number of pyridine rings is 1. The minimum atomic E-state index is 0.467. The van der Waals surface area contributed by atoms with Crippen molar-refractivity contribution >= 4 is 17.6 Å². The fraction of sp³-hybridized carbons (Fsp3) is 0.400. The number of hydrogen-bond acceptors (Lipinski definition) is 5. The Morgan fingerprint density at radius 3 is 2.29 bits per heavy atom. The number of nitrogens with zero attached hydrogens (tertiary/aromatic N) is 2. The highest BCUT2D eigenvalue weighted by molar-refractivity contribution is 6.29. The highest BCUT2D eigenvalue weighted by Gasteiger charge is 2.13. The van der Waals surface area contributed by atoms with Crippen molar-refractivity contribution in [1.29, 1.82) is 0 Å². The van der Waals surface area contributed by atoms with Gasteiger partial charge in [0.25, 0.3) is 0 Å². The van der Waals surface area contributed by atoms with Crippen LogP contribution in [0, 0.1) is 0 Å². The molecule has 0 aliphatic rings. The summed E-state index contributed by atoms with van der Waals surface area (Å²) in [6.07, 6.45) is 2.60. The van der Waals surface area contributed by atoms with Crippen LogP contribution in [0.4, 0.5) is 0 Å². The molecule has 0 atom stereocenters. The fourth-order valence-electron chi connectivity index (χ4n) is 2.62. The first-order valence-electron chi connectivity index (χ1n) is 9.02. The van der Waals surface area contributed by atoms with E-state index in [0.29, 0.717) is 28.9 Å². The number of hydrogen-bond donors (Lipinski definition) is 2. The van der Waals surface area contributed by atoms with Crippen LogP contribution in [0.3, 0.4) is 0 Å². The van der Waals surface area contributed by atoms with E-state index in [2.05, 4.69) is 20.6 Å². The maximum Gasteiger partial charge on any atom is 0.203 e. The lowest BCUT2D eigenvalue weighted by Crippen LogP contribution is -2.38. The van der Waals surface area contributed by atoms with Gasteiger partial charge in [-0.25, -0.2) is 9.98 Å². The molecule has 0 aliphatic carbocycles. The summed E-state index contributed by atoms with van der Waals surface area (Å²) in [4.78, 5) is 8.73. The van der Waals surface area contributed by atoms with E-state index in [1.807, 2.05) is 25.1 Å². The molecule has 2 rings (SSSR count). The Bertz CT molecular complexity index is 757. The lowest BCUT2D eigenvalue weighted by atomic mass is 10.2. The predicted molar refractivity (Wildman–Crippen MR) is 112 cm³/mol. The third-order valence-corrected chi connectivity index (χ3v) is 4.21. The minimum absolute atomic E-state index is 0.467. The van der Waals surface area contributed by atoms with Gasteiger partial charge in [-0.3, -0.25) is 0 Å². The summed E-state index contributed by atoms with van der Waals surface area (Å²) in [6, 6.07) is 7.55. The summed E-state index contributed by atoms with van der Waals surface area (Å²) in [5, 5.41) is 7.06. The second-order valence-corrected chi connectivity index (χ2v) is 6.28. The van der Waals surface area contributed by atoms with Gasteiger partial charge in [-0.05, 0) is 42.7 Å². The lowest BCUT2D eigenvalue weighted by molar-refractivity contribution is 0.324. The largest absolute Gasteiger partial charge is 0.493 e. The molecule has 2 N–H and O–H groups in total. The summed E-state index contributed by atoms with van der Waals surface area (Å²) >= 11 is 5.82. The molecule has 0 saturated heterocycles. The topological polar surface area (TPSA) is 77.0 Å². The van der Waals surface area contributed by atoms with Gasteiger partial charge in [0.2, 0.25) is 5.75 Å². The number of ether oxygens (including phenoxy) is 3. The number of guanidine groups is 1. The molecule has 2 aromatic rings. The monoisotopic (exact) mass is 406 g/mol. The molecule has 0 aliphatic heterocycles. The molecule has 152 valence electrons. The van der Waals surface area contributed by atoms with Crippen LogP contribution in [-0.4, -0.2) is 45.4 Å². The zero-order valence-corrected chi connectivity index (χ0v) is 17.5. The normalized spacial score (nSPS) is 11.1. The molecule has 0 radical (unpaired) electrons. The van der Waals surface area contributed by atoms with E-state index < -0.39 is 0 Å². The molecule has 0 spiro atoms. The molecule has 1 heterocycles. The van der Waals surface area contributed by atoms with Crippen molar-refractivity contribution < 1.29 is 14.2 Å². The molecule has 0 saturated carbocycles. The average Bonchev–Trinajstić information content (AvgIpc) is 2.72. The van der Waals surface area contributed by atoms with Gasteiger partial charge in [0.1, 0.15) is 5.15 Å². The third-order valence-electron chi connectivity index (χ3n) is 3.98. The lowest BCUT2D eigenvalue weighted by Gasteiger charge is -2.14. The van der Waals surface area contributed by atoms with E-state index in [9.17, 15) is 0 Å². The number of rotatable bonds is 9. The molecule has 28 heavy (non-hydrogen) atoms. The summed E-state index contributed by atoms with van der Waals surface area (Å²) in [7, 11) is 4.78. The highest BCUT2D eigenvalue weighted by Crippen LogP contribution is 2.38. The van der Waals surface area contributed by atoms with Gasteiger partial charge in [0.15, 0.2) is 17.5 Å². The number of nitrogens with one attached hydrogen (secondary N) is 2. The number of methoxy groups -OCH3 is 3. The zero-order valence-electron chi connectivity index (χ0n) is 16.7. The van der Waals surface area contributed by atoms with Crippen molar-refractivity contribution in [2.24, 2.45) is 4.99 Å². The van der Waals surface area contributed by atoms with Crippen LogP contribution >= 0.6 is 11.6 Å². The molecule has 0 bridgehead atoms. The molecule has 8 heteroatoms. The first-order chi connectivity index (χ1) is 13.6. The Hall–Kier alpha value is -2.67. The van der Waals surface area contributed by atoms with E-state index in [1.54, 1.807) is 33.6 Å². The molecule has 0 fully saturated rings. The van der Waals surface area contributed by atoms with Crippen LogP contribution in [0.1, 0.15) is 18.1 Å². The van der Waals surface area contributed by atoms with Gasteiger partial charge in [-0.2, -0.15) is 0 Å². The highest BCUT2D eigenvalue weighted by atomic mass is 35.5. The summed E-state index contributed by atoms with van der Waals surface area (Å²) in [6.45, 7) is 3.99. The van der Waals surface area contributed by atoms with E-state index in [4.69, 9.17) is 25.8 Å². The van der Waals surface area contributed by atoms with Crippen molar-refractivity contribution in [2.75, 3.05) is 34.4 Å². The maximum absolute atomic E-state index is 5.82. The quantitative estimate of drug-likeness (QED) is 0.378. The third kappa shape index (κ3) is 6.20. The van der Waals surface area contributed by atoms with Gasteiger partial charge < -0.3 is 24.8 Å². The maximum atomic E-state index is 5.82. The van der Waals surface area contributed by atoms with E-state index in [-0.39, 0.29) is 0 Å². The standard InChI is InChI=1S/C20H27ClN4O3/c1-5-22-20(23-9-8-14-6-7-18(21)24-12-14)25-13-15-10-16(26-2)19(28-4)17(11-15)27-3/h6-7,10-12H,5,8-9,13H2,1-4H3,(H2,22,23,25). The fourth-order valence-corrected chi connectivity index (χ4v) is 2.73. The van der Waals surface area contributed by atoms with E-state index in [1.165, 1.54) is 0 Å². The Kier molecular flexibility index (Phi) is 8.68. The van der Waals surface area contributed by atoms with Crippen LogP contribution in [0.15, 0.2) is 35.5 Å². The Labute approximate surface area is 171 Å². The smallest absolute Gasteiger partial charge is 0.203 e. The number of benzene rings is 1. The van der Waals surface area contributed by atoms with Crippen LogP contribution in [0.5, 0.6) is 17.2 Å². The first-order valence-corrected chi connectivity index (χ1v) is 9.40. The first kappa shape index (κ1) is 21.6.